The summed E-state index contributed by atoms with van der Waals surface area (Å²) in [6, 6.07) is 12.4. The number of nitrogens with one attached hydrogen (secondary N) is 1. The lowest BCUT2D eigenvalue weighted by molar-refractivity contribution is -0.119. The zero-order valence-electron chi connectivity index (χ0n) is 14.6. The number of anilines is 1. The fourth-order valence-corrected chi connectivity index (χ4v) is 3.65. The van der Waals surface area contributed by atoms with E-state index in [0.717, 1.165) is 38.3 Å². The number of nitrogens with zero attached hydrogens (tertiary/aromatic N) is 5. The molecule has 7 heteroatoms. The highest BCUT2D eigenvalue weighted by Crippen LogP contribution is 2.21. The van der Waals surface area contributed by atoms with Crippen LogP contribution in [0.4, 0.5) is 5.82 Å². The second kappa shape index (κ2) is 7.18. The molecule has 1 aromatic heterocycles. The number of likely N-dealkylation sites (tertiary alicyclic amines) is 1. The summed E-state index contributed by atoms with van der Waals surface area (Å²) in [6.07, 6.45) is 2.83. The van der Waals surface area contributed by atoms with E-state index >= 15 is 0 Å². The first-order chi connectivity index (χ1) is 12.7. The average Bonchev–Trinajstić information content (AvgIpc) is 3.28. The van der Waals surface area contributed by atoms with Crippen molar-refractivity contribution < 1.29 is 4.79 Å². The Morgan fingerprint density at radius 2 is 2.12 bits per heavy atom. The van der Waals surface area contributed by atoms with Gasteiger partial charge in [-0.25, -0.2) is 0 Å². The molecule has 0 unspecified atom stereocenters. The van der Waals surface area contributed by atoms with Crippen LogP contribution in [-0.2, 0) is 24.4 Å². The maximum atomic E-state index is 12.4. The molecule has 1 fully saturated rings. The normalized spacial score (nSPS) is 19.8. The van der Waals surface area contributed by atoms with Crippen LogP contribution in [-0.4, -0.2) is 45.1 Å². The molecule has 0 bridgehead atoms. The van der Waals surface area contributed by atoms with E-state index in [2.05, 4.69) is 45.8 Å². The van der Waals surface area contributed by atoms with Gasteiger partial charge in [0.25, 0.3) is 0 Å². The van der Waals surface area contributed by atoms with Crippen molar-refractivity contribution in [2.45, 2.75) is 26.1 Å². The maximum absolute atomic E-state index is 12.4. The number of benzene rings is 1. The van der Waals surface area contributed by atoms with E-state index in [9.17, 15) is 4.79 Å². The standard InChI is InChI=1S/C19H22N6O/c20-14-24-7-6-16(12-24)19(26)21-18-10-17-13-23(8-9-25(17)22-18)11-15-4-2-1-3-5-15/h1-5,10,16H,6-9,11-13H2,(H,21,22,26)/t16-/m0/s1. The number of rotatable bonds is 4. The molecule has 1 saturated heterocycles. The Balaban J connectivity index is 1.37. The van der Waals surface area contributed by atoms with E-state index in [1.54, 1.807) is 4.90 Å². The van der Waals surface area contributed by atoms with Crippen LogP contribution in [0.3, 0.4) is 0 Å². The minimum atomic E-state index is -0.136. The molecular formula is C19H22N6O. The van der Waals surface area contributed by atoms with Gasteiger partial charge in [0.15, 0.2) is 12.0 Å². The van der Waals surface area contributed by atoms with Crippen LogP contribution in [0.2, 0.25) is 0 Å². The highest BCUT2D eigenvalue weighted by atomic mass is 16.2. The van der Waals surface area contributed by atoms with Gasteiger partial charge in [-0.3, -0.25) is 14.4 Å². The number of carbonyl (C=O) groups is 1. The Morgan fingerprint density at radius 1 is 1.27 bits per heavy atom. The first-order valence-corrected chi connectivity index (χ1v) is 9.00. The number of nitriles is 1. The molecule has 1 atom stereocenters. The van der Waals surface area contributed by atoms with Gasteiger partial charge in [-0.1, -0.05) is 30.3 Å². The SMILES string of the molecule is N#CN1CC[C@H](C(=O)Nc2cc3n(n2)CCN(Cc2ccccc2)C3)C1. The molecule has 3 heterocycles. The smallest absolute Gasteiger partial charge is 0.230 e. The number of fused-ring (bicyclic) bond motifs is 1. The van der Waals surface area contributed by atoms with Gasteiger partial charge in [0.05, 0.1) is 18.2 Å². The van der Waals surface area contributed by atoms with E-state index in [4.69, 9.17) is 5.26 Å². The summed E-state index contributed by atoms with van der Waals surface area (Å²) in [5, 5.41) is 16.4. The number of aromatic nitrogens is 2. The van der Waals surface area contributed by atoms with Gasteiger partial charge >= 0.3 is 0 Å². The number of amides is 1. The van der Waals surface area contributed by atoms with Crippen molar-refractivity contribution in [3.8, 4) is 6.19 Å². The van der Waals surface area contributed by atoms with Crippen LogP contribution < -0.4 is 5.32 Å². The molecule has 0 aliphatic carbocycles. The average molecular weight is 350 g/mol. The quantitative estimate of drug-likeness (QED) is 0.848. The lowest BCUT2D eigenvalue weighted by Crippen LogP contribution is -2.33. The molecule has 26 heavy (non-hydrogen) atoms. The third-order valence-electron chi connectivity index (χ3n) is 5.08. The summed E-state index contributed by atoms with van der Waals surface area (Å²) < 4.78 is 1.98. The van der Waals surface area contributed by atoms with Gasteiger partial charge in [-0.05, 0) is 12.0 Å². The van der Waals surface area contributed by atoms with Crippen LogP contribution >= 0.6 is 0 Å². The molecule has 2 aliphatic rings. The minimum absolute atomic E-state index is 0.0423. The molecule has 4 rings (SSSR count). The van der Waals surface area contributed by atoms with Crippen LogP contribution in [0.15, 0.2) is 36.4 Å². The van der Waals surface area contributed by atoms with Crippen molar-refractivity contribution in [2.24, 2.45) is 5.92 Å². The van der Waals surface area contributed by atoms with Crippen molar-refractivity contribution in [3.63, 3.8) is 0 Å². The number of carbonyl (C=O) groups excluding carboxylic acids is 1. The monoisotopic (exact) mass is 350 g/mol. The van der Waals surface area contributed by atoms with Gasteiger partial charge < -0.3 is 10.2 Å². The Kier molecular flexibility index (Phi) is 4.59. The van der Waals surface area contributed by atoms with E-state index in [-0.39, 0.29) is 11.8 Å². The largest absolute Gasteiger partial charge is 0.310 e. The number of hydrogen-bond donors (Lipinski definition) is 1. The van der Waals surface area contributed by atoms with Crippen LogP contribution in [0.1, 0.15) is 17.7 Å². The zero-order valence-corrected chi connectivity index (χ0v) is 14.6. The predicted molar refractivity (Wildman–Crippen MR) is 96.7 cm³/mol. The van der Waals surface area contributed by atoms with Crippen molar-refractivity contribution >= 4 is 11.7 Å². The summed E-state index contributed by atoms with van der Waals surface area (Å²) in [5.41, 5.74) is 2.42. The van der Waals surface area contributed by atoms with Gasteiger partial charge in [0.1, 0.15) is 0 Å². The minimum Gasteiger partial charge on any atom is -0.310 e. The molecule has 7 nitrogen and oxygen atoms in total. The third-order valence-corrected chi connectivity index (χ3v) is 5.08. The second-order valence-corrected chi connectivity index (χ2v) is 6.96. The third kappa shape index (κ3) is 3.55. The highest BCUT2D eigenvalue weighted by Gasteiger charge is 2.28. The summed E-state index contributed by atoms with van der Waals surface area (Å²) in [6.45, 7) is 4.66. The van der Waals surface area contributed by atoms with Crippen molar-refractivity contribution in [2.75, 3.05) is 25.0 Å². The summed E-state index contributed by atoms with van der Waals surface area (Å²) in [4.78, 5) is 16.4. The fourth-order valence-electron chi connectivity index (χ4n) is 3.65. The molecule has 1 N–H and O–H groups in total. The lowest BCUT2D eigenvalue weighted by Gasteiger charge is -2.27. The zero-order chi connectivity index (χ0) is 17.9. The van der Waals surface area contributed by atoms with Gasteiger partial charge in [-0.2, -0.15) is 10.4 Å². The van der Waals surface area contributed by atoms with Gasteiger partial charge in [-0.15, -0.1) is 0 Å². The number of hydrogen-bond acceptors (Lipinski definition) is 5. The first kappa shape index (κ1) is 16.6. The van der Waals surface area contributed by atoms with E-state index in [1.165, 1.54) is 5.56 Å². The van der Waals surface area contributed by atoms with Crippen molar-refractivity contribution in [1.29, 1.82) is 5.26 Å². The summed E-state index contributed by atoms with van der Waals surface area (Å²) >= 11 is 0. The summed E-state index contributed by atoms with van der Waals surface area (Å²) in [5.74, 6) is 0.435. The summed E-state index contributed by atoms with van der Waals surface area (Å²) in [7, 11) is 0. The van der Waals surface area contributed by atoms with Crippen LogP contribution in [0.25, 0.3) is 0 Å². The second-order valence-electron chi connectivity index (χ2n) is 6.96. The molecular weight excluding hydrogens is 328 g/mol. The Morgan fingerprint density at radius 3 is 2.88 bits per heavy atom. The predicted octanol–water partition coefficient (Wildman–Crippen LogP) is 1.64. The molecule has 134 valence electrons. The molecule has 2 aromatic rings. The van der Waals surface area contributed by atoms with Crippen LogP contribution in [0.5, 0.6) is 0 Å². The van der Waals surface area contributed by atoms with Gasteiger partial charge in [0.2, 0.25) is 5.91 Å². The fraction of sp³-hybridized carbons (Fsp3) is 0.421. The van der Waals surface area contributed by atoms with Crippen LogP contribution in [0, 0.1) is 17.4 Å². The first-order valence-electron chi connectivity index (χ1n) is 9.00. The molecule has 1 aromatic carbocycles. The maximum Gasteiger partial charge on any atom is 0.230 e. The topological polar surface area (TPSA) is 77.2 Å². The van der Waals surface area contributed by atoms with E-state index < -0.39 is 0 Å². The molecule has 0 spiro atoms. The molecule has 1 amide bonds. The molecule has 2 aliphatic heterocycles. The van der Waals surface area contributed by atoms with E-state index in [1.807, 2.05) is 16.8 Å². The van der Waals surface area contributed by atoms with Gasteiger partial charge in [0, 0.05) is 38.8 Å². The Hall–Kier alpha value is -2.85. The molecule has 0 saturated carbocycles. The molecule has 0 radical (unpaired) electrons. The Labute approximate surface area is 152 Å². The van der Waals surface area contributed by atoms with Crippen molar-refractivity contribution in [1.82, 2.24) is 19.6 Å². The highest BCUT2D eigenvalue weighted by molar-refractivity contribution is 5.92. The Bertz CT molecular complexity index is 824. The van der Waals surface area contributed by atoms with Crippen molar-refractivity contribution in [3.05, 3.63) is 47.7 Å². The lowest BCUT2D eigenvalue weighted by atomic mass is 10.1. The van der Waals surface area contributed by atoms with E-state index in [0.29, 0.717) is 18.9 Å².